The van der Waals surface area contributed by atoms with Crippen molar-refractivity contribution in [1.82, 2.24) is 0 Å². The van der Waals surface area contributed by atoms with Crippen molar-refractivity contribution < 1.29 is 66.4 Å². The number of rotatable bonds is 35. The average molecular weight is 1300 g/mol. The lowest BCUT2D eigenvalue weighted by Crippen LogP contribution is -2.70. The fraction of sp³-hybridized carbons (Fsp3) is 0.304. The first-order valence-corrected chi connectivity index (χ1v) is 32.4. The molecule has 1 aliphatic heterocycles. The Bertz CT molecular complexity index is 3700. The van der Waals surface area contributed by atoms with E-state index in [1.54, 1.807) is 7.11 Å². The maximum atomic E-state index is 14.3. The Morgan fingerprint density at radius 1 is 0.375 bits per heavy atom. The highest BCUT2D eigenvalue weighted by Gasteiger charge is 2.58. The molecule has 0 radical (unpaired) electrons. The van der Waals surface area contributed by atoms with E-state index < -0.39 is 85.9 Å². The highest BCUT2D eigenvalue weighted by Crippen LogP contribution is 2.40. The summed E-state index contributed by atoms with van der Waals surface area (Å²) in [6.07, 6.45) is -11.8. The predicted molar refractivity (Wildman–Crippen MR) is 360 cm³/mol. The average Bonchev–Trinajstić information content (AvgIpc) is 0.774. The number of benzene rings is 9. The van der Waals surface area contributed by atoms with Gasteiger partial charge < -0.3 is 61.6 Å². The van der Waals surface area contributed by atoms with Crippen molar-refractivity contribution in [2.75, 3.05) is 20.3 Å². The van der Waals surface area contributed by atoms with E-state index in [0.29, 0.717) is 5.75 Å². The molecule has 0 N–H and O–H groups in total. The van der Waals surface area contributed by atoms with Gasteiger partial charge in [0.2, 0.25) is 0 Å². The molecule has 1 heterocycles. The summed E-state index contributed by atoms with van der Waals surface area (Å²) in [7, 11) is 1.61. The van der Waals surface area contributed by atoms with Crippen molar-refractivity contribution in [3.63, 3.8) is 0 Å². The van der Waals surface area contributed by atoms with E-state index in [2.05, 4.69) is 10.0 Å². The van der Waals surface area contributed by atoms with Crippen molar-refractivity contribution in [2.24, 2.45) is 5.11 Å². The van der Waals surface area contributed by atoms with Gasteiger partial charge in [-0.25, -0.2) is 0 Å². The maximum Gasteiger partial charge on any atom is 0.317 e. The van der Waals surface area contributed by atoms with Crippen LogP contribution >= 0.6 is 0 Å². The molecule has 17 nitrogen and oxygen atoms in total. The summed E-state index contributed by atoms with van der Waals surface area (Å²) in [4.78, 5) is 17.4. The summed E-state index contributed by atoms with van der Waals surface area (Å²) in [5.74, 6) is -0.156. The molecule has 2 fully saturated rings. The van der Waals surface area contributed by atoms with Crippen LogP contribution in [0.1, 0.15) is 50.1 Å². The van der Waals surface area contributed by atoms with E-state index in [0.717, 1.165) is 50.1 Å². The zero-order chi connectivity index (χ0) is 65.8. The Morgan fingerprint density at radius 3 is 1.04 bits per heavy atom. The topological polar surface area (TPSA) is 186 Å². The molecule has 1 aliphatic carbocycles. The van der Waals surface area contributed by atoms with Crippen LogP contribution in [0.4, 0.5) is 0 Å². The van der Waals surface area contributed by atoms with Crippen LogP contribution in [-0.2, 0) is 121 Å². The maximum absolute atomic E-state index is 14.3. The van der Waals surface area contributed by atoms with E-state index in [1.165, 1.54) is 0 Å². The van der Waals surface area contributed by atoms with Crippen molar-refractivity contribution in [3.8, 4) is 5.75 Å². The Labute approximate surface area is 561 Å². The lowest BCUT2D eigenvalue weighted by atomic mass is 9.83. The van der Waals surface area contributed by atoms with Crippen LogP contribution in [0.25, 0.3) is 10.4 Å². The number of esters is 1. The Hall–Kier alpha value is -8.88. The number of carbonyl (C=O) groups excluding carboxylic acids is 1. The van der Waals surface area contributed by atoms with E-state index in [9.17, 15) is 10.3 Å². The van der Waals surface area contributed by atoms with Gasteiger partial charge in [0.15, 0.2) is 12.3 Å². The number of azide groups is 1. The number of carbonyl (C=O) groups is 1. The third kappa shape index (κ3) is 20.1. The molecule has 496 valence electrons. The monoisotopic (exact) mass is 1300 g/mol. The zero-order valence-corrected chi connectivity index (χ0v) is 53.7. The lowest BCUT2D eigenvalue weighted by Gasteiger charge is -2.52. The standard InChI is InChI=1S/C79H81N3O14/c1-84-66-44-42-65(43-45-66)53-91-75-73(93-55-67(81-82-80)78(83)94-54-64-40-24-9-25-41-64)71(88-49-60-32-16-5-17-33-60)72(89-50-61-34-18-6-19-35-61)74(90-51-62-36-20-7-21-37-62)76(75)96-79-77(92-52-63-38-22-8-23-39-63)70(87-48-59-30-14-4-15-31-59)69(86-47-58-28-12-3-13-29-58)68(95-79)56-85-46-57-26-10-2-11-27-57/h2-45,67-77,79H,46-56H2,1H3/t67-,68+,69+,70-,71+,72+,73-,74-,75+,76-,77-,79+/m0/s1. The minimum Gasteiger partial charge on any atom is -0.497 e. The largest absolute Gasteiger partial charge is 0.497 e. The Balaban J connectivity index is 1.07. The zero-order valence-electron chi connectivity index (χ0n) is 53.7. The fourth-order valence-electron chi connectivity index (χ4n) is 11.7. The molecule has 0 unspecified atom stereocenters. The molecule has 11 rings (SSSR count). The number of hydrogen-bond donors (Lipinski definition) is 0. The first kappa shape index (κ1) is 68.5. The minimum absolute atomic E-state index is 0.00670. The van der Waals surface area contributed by atoms with Crippen LogP contribution in [0, 0.1) is 0 Å². The van der Waals surface area contributed by atoms with Crippen molar-refractivity contribution in [2.45, 2.75) is 133 Å². The highest BCUT2D eigenvalue weighted by atomic mass is 16.7. The molecule has 2 aliphatic rings. The molecule has 17 heteroatoms. The number of methoxy groups -OCH3 is 1. The quantitative estimate of drug-likeness (QED) is 0.0158. The van der Waals surface area contributed by atoms with E-state index in [-0.39, 0.29) is 66.1 Å². The van der Waals surface area contributed by atoms with Crippen LogP contribution in [0.15, 0.2) is 272 Å². The molecule has 9 aromatic carbocycles. The molecule has 0 spiro atoms. The molecule has 96 heavy (non-hydrogen) atoms. The second-order valence-electron chi connectivity index (χ2n) is 23.4. The SMILES string of the molecule is COc1ccc(CO[C@@H]2[C@@H](OC[C@H](N=[N+]=[N-])C(=O)OCc3ccccc3)[C@H](OCc3ccccc3)[C@@H](OCc3ccccc3)[C@H](OCc3ccccc3)[C@@H]2O[C@H]2O[C@H](COCc3ccccc3)[C@@H](OCc3ccccc3)[C@H](OCc3ccccc3)[C@@H]2OCc2ccccc2)cc1. The summed E-state index contributed by atoms with van der Waals surface area (Å²) in [6, 6.07) is 84.3. The van der Waals surface area contributed by atoms with Gasteiger partial charge in [-0.15, -0.1) is 0 Å². The van der Waals surface area contributed by atoms with E-state index >= 15 is 0 Å². The second kappa shape index (κ2) is 36.9. The third-order valence-corrected chi connectivity index (χ3v) is 16.7. The molecule has 0 aromatic heterocycles. The Kier molecular flexibility index (Phi) is 26.3. The van der Waals surface area contributed by atoms with Gasteiger partial charge in [0.25, 0.3) is 0 Å². The van der Waals surface area contributed by atoms with E-state index in [1.807, 2.05) is 267 Å². The van der Waals surface area contributed by atoms with Gasteiger partial charge in [-0.2, -0.15) is 0 Å². The number of nitrogens with zero attached hydrogens (tertiary/aromatic N) is 3. The van der Waals surface area contributed by atoms with Crippen molar-refractivity contribution in [1.29, 1.82) is 0 Å². The van der Waals surface area contributed by atoms with Crippen LogP contribution in [0.5, 0.6) is 5.75 Å². The van der Waals surface area contributed by atoms with Crippen LogP contribution in [0.3, 0.4) is 0 Å². The fourth-order valence-corrected chi connectivity index (χ4v) is 11.7. The van der Waals surface area contributed by atoms with Gasteiger partial charge in [-0.1, -0.05) is 260 Å². The molecule has 0 amide bonds. The molecular formula is C79H81N3O14. The second-order valence-corrected chi connectivity index (χ2v) is 23.4. The smallest absolute Gasteiger partial charge is 0.317 e. The predicted octanol–water partition coefficient (Wildman–Crippen LogP) is 14.2. The van der Waals surface area contributed by atoms with Crippen molar-refractivity contribution >= 4 is 5.97 Å². The normalized spacial score (nSPS) is 21.9. The van der Waals surface area contributed by atoms with Gasteiger partial charge >= 0.3 is 5.97 Å². The van der Waals surface area contributed by atoms with Gasteiger partial charge in [0, 0.05) is 4.91 Å². The van der Waals surface area contributed by atoms with Crippen LogP contribution in [0.2, 0.25) is 0 Å². The highest BCUT2D eigenvalue weighted by molar-refractivity contribution is 5.76. The summed E-state index contributed by atoms with van der Waals surface area (Å²) in [5, 5.41) is 3.98. The molecular weight excluding hydrogens is 1210 g/mol. The number of ether oxygens (including phenoxy) is 13. The number of hydrogen-bond acceptors (Lipinski definition) is 15. The van der Waals surface area contributed by atoms with Crippen LogP contribution in [-0.4, -0.2) is 99.7 Å². The molecule has 1 saturated heterocycles. The molecule has 12 atom stereocenters. The Morgan fingerprint density at radius 2 is 0.677 bits per heavy atom. The van der Waals surface area contributed by atoms with Gasteiger partial charge in [-0.05, 0) is 67.7 Å². The van der Waals surface area contributed by atoms with Crippen molar-refractivity contribution in [3.05, 3.63) is 327 Å². The molecule has 1 saturated carbocycles. The summed E-state index contributed by atoms with van der Waals surface area (Å²) < 4.78 is 91.6. The van der Waals surface area contributed by atoms with Gasteiger partial charge in [0.05, 0.1) is 73.2 Å². The first-order chi connectivity index (χ1) is 47.4. The van der Waals surface area contributed by atoms with Gasteiger partial charge in [0.1, 0.15) is 73.4 Å². The summed E-state index contributed by atoms with van der Waals surface area (Å²) in [6.45, 7) is 0.455. The molecule has 0 bridgehead atoms. The van der Waals surface area contributed by atoms with Crippen LogP contribution < -0.4 is 4.74 Å². The van der Waals surface area contributed by atoms with E-state index in [4.69, 9.17) is 61.6 Å². The first-order valence-electron chi connectivity index (χ1n) is 32.4. The molecule has 9 aromatic rings. The summed E-state index contributed by atoms with van der Waals surface area (Å²) >= 11 is 0. The van der Waals surface area contributed by atoms with Gasteiger partial charge in [-0.3, -0.25) is 4.79 Å². The third-order valence-electron chi connectivity index (χ3n) is 16.7. The lowest BCUT2D eigenvalue weighted by molar-refractivity contribution is -0.365. The summed E-state index contributed by atoms with van der Waals surface area (Å²) in [5.41, 5.74) is 17.9. The minimum atomic E-state index is -1.48.